The summed E-state index contributed by atoms with van der Waals surface area (Å²) in [6, 6.07) is 1.88. The van der Waals surface area contributed by atoms with Crippen LogP contribution < -0.4 is 4.74 Å². The number of rotatable bonds is 3. The van der Waals surface area contributed by atoms with E-state index in [4.69, 9.17) is 4.74 Å². The Morgan fingerprint density at radius 1 is 1.75 bits per heavy atom. The predicted molar refractivity (Wildman–Crippen MR) is 52.4 cm³/mol. The highest BCUT2D eigenvalue weighted by atomic mass is 79.9. The van der Waals surface area contributed by atoms with E-state index in [0.29, 0.717) is 12.5 Å². The third-order valence-electron chi connectivity index (χ3n) is 1.37. The summed E-state index contributed by atoms with van der Waals surface area (Å²) in [5.41, 5.74) is 1.11. The maximum absolute atomic E-state index is 5.24. The van der Waals surface area contributed by atoms with E-state index in [0.717, 1.165) is 10.0 Å². The van der Waals surface area contributed by atoms with Crippen LogP contribution in [0.25, 0.3) is 0 Å². The van der Waals surface area contributed by atoms with Crippen LogP contribution in [0.5, 0.6) is 5.88 Å². The van der Waals surface area contributed by atoms with Gasteiger partial charge in [0, 0.05) is 16.7 Å². The highest BCUT2D eigenvalue weighted by Crippen LogP contribution is 2.18. The molecule has 1 aromatic rings. The van der Waals surface area contributed by atoms with Gasteiger partial charge in [0.25, 0.3) is 0 Å². The Morgan fingerprint density at radius 2 is 2.50 bits per heavy atom. The third kappa shape index (κ3) is 2.34. The van der Waals surface area contributed by atoms with E-state index < -0.39 is 0 Å². The number of nitrogens with zero attached hydrogens (tertiary/aromatic N) is 1. The van der Waals surface area contributed by atoms with Gasteiger partial charge >= 0.3 is 0 Å². The average molecular weight is 228 g/mol. The second-order valence-electron chi connectivity index (χ2n) is 2.37. The van der Waals surface area contributed by atoms with Crippen molar-refractivity contribution in [2.24, 2.45) is 0 Å². The first-order chi connectivity index (χ1) is 5.74. The molecule has 0 unspecified atom stereocenters. The van der Waals surface area contributed by atoms with E-state index in [1.165, 1.54) is 0 Å². The number of halogens is 1. The minimum absolute atomic E-state index is 0.494. The molecule has 64 valence electrons. The standard InChI is InChI=1S/C9H10BrNO/c1-3-4-12-9-5-7(2)8(10)6-11-9/h3,5-6H,1,4H2,2H3. The van der Waals surface area contributed by atoms with Gasteiger partial charge in [-0.2, -0.15) is 0 Å². The van der Waals surface area contributed by atoms with Crippen LogP contribution in [-0.4, -0.2) is 11.6 Å². The van der Waals surface area contributed by atoms with Gasteiger partial charge in [0.05, 0.1) is 0 Å². The molecule has 0 spiro atoms. The number of hydrogen-bond donors (Lipinski definition) is 0. The van der Waals surface area contributed by atoms with Crippen molar-refractivity contribution >= 4 is 15.9 Å². The van der Waals surface area contributed by atoms with Gasteiger partial charge in [0.1, 0.15) is 6.61 Å². The van der Waals surface area contributed by atoms with Crippen molar-refractivity contribution in [1.29, 1.82) is 0 Å². The van der Waals surface area contributed by atoms with Crippen molar-refractivity contribution in [2.45, 2.75) is 6.92 Å². The first-order valence-electron chi connectivity index (χ1n) is 3.60. The minimum atomic E-state index is 0.494. The molecule has 1 heterocycles. The van der Waals surface area contributed by atoms with Crippen LogP contribution in [0.3, 0.4) is 0 Å². The molecule has 2 nitrogen and oxygen atoms in total. The van der Waals surface area contributed by atoms with Gasteiger partial charge in [-0.1, -0.05) is 12.7 Å². The number of pyridine rings is 1. The van der Waals surface area contributed by atoms with Crippen molar-refractivity contribution in [2.75, 3.05) is 6.61 Å². The highest BCUT2D eigenvalue weighted by Gasteiger charge is 1.97. The van der Waals surface area contributed by atoms with Gasteiger partial charge in [0.2, 0.25) is 5.88 Å². The molecule has 0 fully saturated rings. The monoisotopic (exact) mass is 227 g/mol. The van der Waals surface area contributed by atoms with Gasteiger partial charge in [-0.3, -0.25) is 0 Å². The first-order valence-corrected chi connectivity index (χ1v) is 4.39. The second-order valence-corrected chi connectivity index (χ2v) is 3.23. The summed E-state index contributed by atoms with van der Waals surface area (Å²) >= 11 is 3.36. The molecule has 0 radical (unpaired) electrons. The van der Waals surface area contributed by atoms with Gasteiger partial charge < -0.3 is 4.74 Å². The number of ether oxygens (including phenoxy) is 1. The summed E-state index contributed by atoms with van der Waals surface area (Å²) in [6.45, 7) is 6.04. The Hall–Kier alpha value is -0.830. The normalized spacial score (nSPS) is 9.50. The summed E-state index contributed by atoms with van der Waals surface area (Å²) in [6.07, 6.45) is 3.42. The molecule has 3 heteroatoms. The molecule has 0 aliphatic carbocycles. The van der Waals surface area contributed by atoms with E-state index in [1.54, 1.807) is 12.3 Å². The summed E-state index contributed by atoms with van der Waals surface area (Å²) < 4.78 is 6.23. The maximum atomic E-state index is 5.24. The predicted octanol–water partition coefficient (Wildman–Crippen LogP) is 2.72. The molecule has 0 saturated carbocycles. The molecule has 0 N–H and O–H groups in total. The molecule has 12 heavy (non-hydrogen) atoms. The van der Waals surface area contributed by atoms with Crippen LogP contribution in [0, 0.1) is 6.92 Å². The van der Waals surface area contributed by atoms with Crippen molar-refractivity contribution in [3.05, 3.63) is 35.0 Å². The van der Waals surface area contributed by atoms with Crippen molar-refractivity contribution in [3.8, 4) is 5.88 Å². The Balaban J connectivity index is 2.75. The lowest BCUT2D eigenvalue weighted by Crippen LogP contribution is -1.95. The van der Waals surface area contributed by atoms with E-state index in [2.05, 4.69) is 27.5 Å². The highest BCUT2D eigenvalue weighted by molar-refractivity contribution is 9.10. The molecule has 0 saturated heterocycles. The van der Waals surface area contributed by atoms with Crippen LogP contribution >= 0.6 is 15.9 Å². The number of aromatic nitrogens is 1. The van der Waals surface area contributed by atoms with E-state index in [-0.39, 0.29) is 0 Å². The zero-order chi connectivity index (χ0) is 8.97. The largest absolute Gasteiger partial charge is 0.473 e. The lowest BCUT2D eigenvalue weighted by Gasteiger charge is -2.03. The quantitative estimate of drug-likeness (QED) is 0.742. The molecular weight excluding hydrogens is 218 g/mol. The second kappa shape index (κ2) is 4.26. The fourth-order valence-corrected chi connectivity index (χ4v) is 0.954. The van der Waals surface area contributed by atoms with Crippen molar-refractivity contribution in [1.82, 2.24) is 4.98 Å². The van der Waals surface area contributed by atoms with Crippen LogP contribution in [0.15, 0.2) is 29.4 Å². The summed E-state index contributed by atoms with van der Waals surface area (Å²) in [5.74, 6) is 0.635. The molecule has 1 rings (SSSR count). The molecule has 0 aromatic carbocycles. The Bertz CT molecular complexity index is 286. The van der Waals surface area contributed by atoms with Crippen LogP contribution in [0.1, 0.15) is 5.56 Å². The van der Waals surface area contributed by atoms with Gasteiger partial charge in [-0.05, 0) is 28.4 Å². The smallest absolute Gasteiger partial charge is 0.213 e. The molecule has 0 aliphatic heterocycles. The summed E-state index contributed by atoms with van der Waals surface area (Å²) in [5, 5.41) is 0. The van der Waals surface area contributed by atoms with Crippen LogP contribution in [-0.2, 0) is 0 Å². The summed E-state index contributed by atoms with van der Waals surface area (Å²) in [4.78, 5) is 4.06. The average Bonchev–Trinajstić information content (AvgIpc) is 2.07. The van der Waals surface area contributed by atoms with E-state index in [9.17, 15) is 0 Å². The fourth-order valence-electron chi connectivity index (χ4n) is 0.737. The third-order valence-corrected chi connectivity index (χ3v) is 2.20. The van der Waals surface area contributed by atoms with Crippen LogP contribution in [0.2, 0.25) is 0 Å². The lowest BCUT2D eigenvalue weighted by molar-refractivity contribution is 0.348. The lowest BCUT2D eigenvalue weighted by atomic mass is 10.3. The van der Waals surface area contributed by atoms with E-state index >= 15 is 0 Å². The molecule has 0 amide bonds. The zero-order valence-corrected chi connectivity index (χ0v) is 8.47. The maximum Gasteiger partial charge on any atom is 0.213 e. The molecule has 1 aromatic heterocycles. The molecule has 0 atom stereocenters. The summed E-state index contributed by atoms with van der Waals surface area (Å²) in [7, 11) is 0. The SMILES string of the molecule is C=CCOc1cc(C)c(Br)cn1. The molecular formula is C9H10BrNO. The first kappa shape index (κ1) is 9.26. The Kier molecular flexibility index (Phi) is 3.29. The minimum Gasteiger partial charge on any atom is -0.473 e. The van der Waals surface area contributed by atoms with Crippen molar-refractivity contribution in [3.63, 3.8) is 0 Å². The Morgan fingerprint density at radius 3 is 3.08 bits per heavy atom. The van der Waals surface area contributed by atoms with Crippen molar-refractivity contribution < 1.29 is 4.74 Å². The Labute approximate surface area is 80.4 Å². The topological polar surface area (TPSA) is 22.1 Å². The van der Waals surface area contributed by atoms with Gasteiger partial charge in [-0.25, -0.2) is 4.98 Å². The van der Waals surface area contributed by atoms with Crippen LogP contribution in [0.4, 0.5) is 0 Å². The van der Waals surface area contributed by atoms with Gasteiger partial charge in [0.15, 0.2) is 0 Å². The molecule has 0 aliphatic rings. The number of aryl methyl sites for hydroxylation is 1. The number of hydrogen-bond acceptors (Lipinski definition) is 2. The molecule has 0 bridgehead atoms. The zero-order valence-electron chi connectivity index (χ0n) is 6.88. The van der Waals surface area contributed by atoms with Gasteiger partial charge in [-0.15, -0.1) is 0 Å². The fraction of sp³-hybridized carbons (Fsp3) is 0.222. The van der Waals surface area contributed by atoms with E-state index in [1.807, 2.05) is 13.0 Å².